The van der Waals surface area contributed by atoms with Crippen LogP contribution in [0, 0.1) is 20.8 Å². The van der Waals surface area contributed by atoms with Gasteiger partial charge < -0.3 is 9.84 Å². The van der Waals surface area contributed by atoms with Crippen LogP contribution in [0.2, 0.25) is 0 Å². The number of nitrogens with one attached hydrogen (secondary N) is 1. The van der Waals surface area contributed by atoms with Crippen LogP contribution < -0.4 is 5.32 Å². The minimum Gasteiger partial charge on any atom is -0.360 e. The van der Waals surface area contributed by atoms with E-state index < -0.39 is 0 Å². The van der Waals surface area contributed by atoms with Gasteiger partial charge in [0.15, 0.2) is 5.82 Å². The molecule has 0 aromatic carbocycles. The average Bonchev–Trinajstić information content (AvgIpc) is 3.15. The summed E-state index contributed by atoms with van der Waals surface area (Å²) in [5.41, 5.74) is 0. The fourth-order valence-corrected chi connectivity index (χ4v) is 3.04. The Balaban J connectivity index is 1.58. The third kappa shape index (κ3) is 3.76. The lowest BCUT2D eigenvalue weighted by atomic mass is 10.2. The highest BCUT2D eigenvalue weighted by molar-refractivity contribution is 5.91. The molecule has 0 bridgehead atoms. The van der Waals surface area contributed by atoms with E-state index in [1.54, 1.807) is 13.0 Å². The highest BCUT2D eigenvalue weighted by Gasteiger charge is 2.27. The third-order valence-corrected chi connectivity index (χ3v) is 4.09. The molecular weight excluding hydrogens is 296 g/mol. The number of likely N-dealkylation sites (tertiary alicyclic amines) is 1. The summed E-state index contributed by atoms with van der Waals surface area (Å²) in [6, 6.07) is 2.01. The fourth-order valence-electron chi connectivity index (χ4n) is 3.04. The Hall–Kier alpha value is -2.22. The maximum atomic E-state index is 12.2. The lowest BCUT2D eigenvalue weighted by Crippen LogP contribution is -2.39. The summed E-state index contributed by atoms with van der Waals surface area (Å²) in [5.74, 6) is 2.77. The van der Waals surface area contributed by atoms with E-state index in [0.29, 0.717) is 24.2 Å². The van der Waals surface area contributed by atoms with Gasteiger partial charge in [0.1, 0.15) is 17.4 Å². The summed E-state index contributed by atoms with van der Waals surface area (Å²) in [6.07, 6.45) is 2.16. The van der Waals surface area contributed by atoms with E-state index in [4.69, 9.17) is 4.52 Å². The fraction of sp³-hybridized carbons (Fsp3) is 0.600. The van der Waals surface area contributed by atoms with Crippen molar-refractivity contribution in [2.45, 2.75) is 46.2 Å². The van der Waals surface area contributed by atoms with Gasteiger partial charge in [-0.15, -0.1) is 0 Å². The Kier molecular flexibility index (Phi) is 4.42. The third-order valence-electron chi connectivity index (χ3n) is 4.09. The van der Waals surface area contributed by atoms with Crippen LogP contribution in [0.25, 0.3) is 0 Å². The second kappa shape index (κ2) is 6.49. The molecule has 8 nitrogen and oxygen atoms in total. The molecule has 23 heavy (non-hydrogen) atoms. The number of carbonyl (C=O) groups is 1. The topological polar surface area (TPSA) is 89.1 Å². The van der Waals surface area contributed by atoms with Gasteiger partial charge in [-0.2, -0.15) is 5.10 Å². The minimum atomic E-state index is -0.0725. The average molecular weight is 318 g/mol. The number of rotatable bonds is 5. The van der Waals surface area contributed by atoms with Crippen molar-refractivity contribution in [1.82, 2.24) is 24.8 Å². The van der Waals surface area contributed by atoms with Crippen LogP contribution in [-0.2, 0) is 11.3 Å². The SMILES string of the molecule is Cc1nc(C)n(CC2CCCN2CC(=O)Nc2cc(C)on2)n1. The first-order valence-electron chi connectivity index (χ1n) is 7.86. The second-order valence-corrected chi connectivity index (χ2v) is 6.03. The lowest BCUT2D eigenvalue weighted by Gasteiger charge is -2.23. The van der Waals surface area contributed by atoms with Crippen LogP contribution in [0.5, 0.6) is 0 Å². The molecule has 3 rings (SSSR count). The molecular formula is C15H22N6O2. The lowest BCUT2D eigenvalue weighted by molar-refractivity contribution is -0.117. The van der Waals surface area contributed by atoms with Crippen LogP contribution in [-0.4, -0.2) is 49.9 Å². The number of hydrogen-bond acceptors (Lipinski definition) is 6. The Labute approximate surface area is 134 Å². The van der Waals surface area contributed by atoms with Crippen LogP contribution in [0.3, 0.4) is 0 Å². The zero-order valence-corrected chi connectivity index (χ0v) is 13.7. The number of aromatic nitrogens is 4. The van der Waals surface area contributed by atoms with E-state index in [9.17, 15) is 4.79 Å². The molecule has 1 aliphatic heterocycles. The Morgan fingerprint density at radius 1 is 1.43 bits per heavy atom. The zero-order valence-electron chi connectivity index (χ0n) is 13.7. The monoisotopic (exact) mass is 318 g/mol. The van der Waals surface area contributed by atoms with Crippen molar-refractivity contribution in [1.29, 1.82) is 0 Å². The van der Waals surface area contributed by atoms with Gasteiger partial charge in [-0.3, -0.25) is 9.69 Å². The first kappa shape index (κ1) is 15.7. The molecule has 3 heterocycles. The molecule has 1 amide bonds. The summed E-state index contributed by atoms with van der Waals surface area (Å²) >= 11 is 0. The maximum absolute atomic E-state index is 12.2. The largest absolute Gasteiger partial charge is 0.360 e. The zero-order chi connectivity index (χ0) is 16.4. The predicted molar refractivity (Wildman–Crippen MR) is 84.0 cm³/mol. The van der Waals surface area contributed by atoms with Gasteiger partial charge in [0.2, 0.25) is 5.91 Å². The Morgan fingerprint density at radius 3 is 2.91 bits per heavy atom. The van der Waals surface area contributed by atoms with Crippen LogP contribution in [0.1, 0.15) is 30.3 Å². The molecule has 1 unspecified atom stereocenters. The smallest absolute Gasteiger partial charge is 0.239 e. The number of anilines is 1. The molecule has 0 aliphatic carbocycles. The molecule has 124 valence electrons. The van der Waals surface area contributed by atoms with Crippen molar-refractivity contribution in [3.8, 4) is 0 Å². The molecule has 1 N–H and O–H groups in total. The van der Waals surface area contributed by atoms with Gasteiger partial charge in [0.25, 0.3) is 0 Å². The molecule has 8 heteroatoms. The van der Waals surface area contributed by atoms with Gasteiger partial charge >= 0.3 is 0 Å². The Morgan fingerprint density at radius 2 is 2.26 bits per heavy atom. The first-order valence-corrected chi connectivity index (χ1v) is 7.86. The number of aryl methyl sites for hydroxylation is 3. The molecule has 1 aliphatic rings. The van der Waals surface area contributed by atoms with E-state index >= 15 is 0 Å². The van der Waals surface area contributed by atoms with Crippen molar-refractivity contribution in [3.63, 3.8) is 0 Å². The molecule has 0 radical (unpaired) electrons. The highest BCUT2D eigenvalue weighted by atomic mass is 16.5. The number of carbonyl (C=O) groups excluding carboxylic acids is 1. The van der Waals surface area contributed by atoms with Crippen molar-refractivity contribution in [2.75, 3.05) is 18.4 Å². The molecule has 1 fully saturated rings. The van der Waals surface area contributed by atoms with Gasteiger partial charge in [-0.25, -0.2) is 9.67 Å². The second-order valence-electron chi connectivity index (χ2n) is 6.03. The normalized spacial score (nSPS) is 18.5. The maximum Gasteiger partial charge on any atom is 0.239 e. The van der Waals surface area contributed by atoms with Crippen LogP contribution in [0.4, 0.5) is 5.82 Å². The van der Waals surface area contributed by atoms with Gasteiger partial charge in [-0.1, -0.05) is 5.16 Å². The van der Waals surface area contributed by atoms with E-state index in [1.165, 1.54) is 0 Å². The summed E-state index contributed by atoms with van der Waals surface area (Å²) in [5, 5.41) is 11.0. The first-order chi connectivity index (χ1) is 11.0. The Bertz CT molecular complexity index is 692. The summed E-state index contributed by atoms with van der Waals surface area (Å²) in [4.78, 5) is 18.7. The quantitative estimate of drug-likeness (QED) is 0.893. The van der Waals surface area contributed by atoms with E-state index in [1.807, 2.05) is 18.5 Å². The molecule has 1 saturated heterocycles. The summed E-state index contributed by atoms with van der Waals surface area (Å²) in [7, 11) is 0. The molecule has 1 atom stereocenters. The van der Waals surface area contributed by atoms with Crippen molar-refractivity contribution in [2.24, 2.45) is 0 Å². The number of nitrogens with zero attached hydrogens (tertiary/aromatic N) is 5. The highest BCUT2D eigenvalue weighted by Crippen LogP contribution is 2.19. The molecule has 2 aromatic rings. The standard InChI is InChI=1S/C15H22N6O2/c1-10-7-14(19-23-10)17-15(22)9-20-6-4-5-13(20)8-21-12(3)16-11(2)18-21/h7,13H,4-6,8-9H2,1-3H3,(H,17,19,22). The van der Waals surface area contributed by atoms with Gasteiger partial charge in [0, 0.05) is 12.1 Å². The van der Waals surface area contributed by atoms with Crippen LogP contribution >= 0.6 is 0 Å². The van der Waals surface area contributed by atoms with Crippen molar-refractivity contribution >= 4 is 11.7 Å². The van der Waals surface area contributed by atoms with Gasteiger partial charge in [0.05, 0.1) is 13.1 Å². The van der Waals surface area contributed by atoms with Crippen LogP contribution in [0.15, 0.2) is 10.6 Å². The number of amides is 1. The summed E-state index contributed by atoms with van der Waals surface area (Å²) < 4.78 is 6.88. The van der Waals surface area contributed by atoms with Crippen molar-refractivity contribution in [3.05, 3.63) is 23.5 Å². The molecule has 0 spiro atoms. The summed E-state index contributed by atoms with van der Waals surface area (Å²) in [6.45, 7) is 7.68. The minimum absolute atomic E-state index is 0.0725. The van der Waals surface area contributed by atoms with Gasteiger partial charge in [-0.05, 0) is 40.2 Å². The predicted octanol–water partition coefficient (Wildman–Crippen LogP) is 1.29. The molecule has 2 aromatic heterocycles. The van der Waals surface area contributed by atoms with Crippen molar-refractivity contribution < 1.29 is 9.32 Å². The van der Waals surface area contributed by atoms with E-state index in [2.05, 4.69) is 25.5 Å². The van der Waals surface area contributed by atoms with E-state index in [-0.39, 0.29) is 5.91 Å². The molecule has 0 saturated carbocycles. The van der Waals surface area contributed by atoms with E-state index in [0.717, 1.165) is 37.6 Å². The number of hydrogen-bond donors (Lipinski definition) is 1.